The number of thiophene rings is 1. The summed E-state index contributed by atoms with van der Waals surface area (Å²) in [6.07, 6.45) is 3.75. The number of ether oxygens (including phenoxy) is 4. The minimum absolute atomic E-state index is 0.0860. The molecule has 1 atom stereocenters. The van der Waals surface area contributed by atoms with Gasteiger partial charge >= 0.3 is 0 Å². The number of carbonyl (C=O) groups excluding carboxylic acids is 1. The van der Waals surface area contributed by atoms with Crippen LogP contribution in [-0.4, -0.2) is 66.2 Å². The van der Waals surface area contributed by atoms with Crippen LogP contribution in [-0.2, 0) is 22.4 Å². The van der Waals surface area contributed by atoms with Crippen LogP contribution in [0.25, 0.3) is 21.8 Å². The summed E-state index contributed by atoms with van der Waals surface area (Å²) >= 11 is 1.62. The third-order valence-electron chi connectivity index (χ3n) is 7.26. The van der Waals surface area contributed by atoms with Crippen LogP contribution in [0, 0.1) is 0 Å². The van der Waals surface area contributed by atoms with Crippen molar-refractivity contribution >= 4 is 17.2 Å². The van der Waals surface area contributed by atoms with Crippen LogP contribution in [0.1, 0.15) is 56.2 Å². The summed E-state index contributed by atoms with van der Waals surface area (Å²) < 4.78 is 25.4. The Bertz CT molecular complexity index is 1270. The van der Waals surface area contributed by atoms with Crippen molar-refractivity contribution in [3.63, 3.8) is 0 Å². The Labute approximate surface area is 228 Å². The van der Waals surface area contributed by atoms with Gasteiger partial charge in [-0.3, -0.25) is 4.79 Å². The number of hydrogen-bond donors (Lipinski definition) is 0. The molecule has 2 aliphatic rings. The molecule has 0 spiro atoms. The van der Waals surface area contributed by atoms with Crippen molar-refractivity contribution in [2.45, 2.75) is 64.8 Å². The first-order valence-electron chi connectivity index (χ1n) is 13.3. The molecule has 3 aromatic rings. The summed E-state index contributed by atoms with van der Waals surface area (Å²) in [6.45, 7) is 8.31. The van der Waals surface area contributed by atoms with E-state index in [4.69, 9.17) is 23.9 Å². The predicted molar refractivity (Wildman–Crippen MR) is 148 cm³/mol. The minimum atomic E-state index is -0.321. The largest absolute Gasteiger partial charge is 0.493 e. The summed E-state index contributed by atoms with van der Waals surface area (Å²) in [7, 11) is 3.49. The van der Waals surface area contributed by atoms with E-state index in [-0.39, 0.29) is 17.7 Å². The molecule has 0 saturated carbocycles. The zero-order valence-corrected chi connectivity index (χ0v) is 23.7. The quantitative estimate of drug-likeness (QED) is 0.345. The van der Waals surface area contributed by atoms with Gasteiger partial charge in [0.15, 0.2) is 23.6 Å². The maximum Gasteiger partial charge on any atom is 0.290 e. The van der Waals surface area contributed by atoms with Crippen LogP contribution in [0.15, 0.2) is 29.6 Å². The normalized spacial score (nSPS) is 17.0. The number of aryl methyl sites for hydroxylation is 1. The number of imidazole rings is 1. The van der Waals surface area contributed by atoms with E-state index in [0.717, 1.165) is 59.7 Å². The monoisotopic (exact) mass is 539 g/mol. The van der Waals surface area contributed by atoms with Crippen molar-refractivity contribution in [2.75, 3.05) is 34.0 Å². The molecule has 0 N–H and O–H groups in total. The molecule has 38 heavy (non-hydrogen) atoms. The van der Waals surface area contributed by atoms with E-state index >= 15 is 0 Å². The molecule has 0 bridgehead atoms. The van der Waals surface area contributed by atoms with E-state index in [1.165, 1.54) is 0 Å². The lowest BCUT2D eigenvalue weighted by Gasteiger charge is -2.32. The first-order valence-corrected chi connectivity index (χ1v) is 14.2. The van der Waals surface area contributed by atoms with Gasteiger partial charge in [0.05, 0.1) is 24.3 Å². The van der Waals surface area contributed by atoms with Crippen molar-refractivity contribution in [1.82, 2.24) is 14.5 Å². The molecule has 1 aromatic carbocycles. The third kappa shape index (κ3) is 5.32. The number of aromatic nitrogens is 2. The molecule has 0 aliphatic carbocycles. The van der Waals surface area contributed by atoms with E-state index in [0.29, 0.717) is 37.1 Å². The summed E-state index contributed by atoms with van der Waals surface area (Å²) in [5.74, 6) is 1.71. The van der Waals surface area contributed by atoms with E-state index in [2.05, 4.69) is 10.6 Å². The first kappa shape index (κ1) is 26.7. The SMILES string of the molecule is COc1cc2c(cc1OCCOC1CCCCO1)-c1c(-c3cccs3)nc(C(=O)N(C)C(C)(C)C)n1CC2. The molecule has 2 aromatic heterocycles. The van der Waals surface area contributed by atoms with Gasteiger partial charge in [-0.15, -0.1) is 11.3 Å². The highest BCUT2D eigenvalue weighted by Gasteiger charge is 2.33. The molecule has 9 heteroatoms. The Balaban J connectivity index is 1.49. The van der Waals surface area contributed by atoms with Gasteiger partial charge < -0.3 is 28.4 Å². The second-order valence-electron chi connectivity index (χ2n) is 10.7. The topological polar surface area (TPSA) is 75.0 Å². The number of carbonyl (C=O) groups is 1. The number of methoxy groups -OCH3 is 1. The van der Waals surface area contributed by atoms with Crippen molar-refractivity contribution < 1.29 is 23.7 Å². The summed E-state index contributed by atoms with van der Waals surface area (Å²) in [5.41, 5.74) is 3.60. The predicted octanol–water partition coefficient (Wildman–Crippen LogP) is 5.64. The van der Waals surface area contributed by atoms with E-state index < -0.39 is 0 Å². The molecule has 8 nitrogen and oxygen atoms in total. The lowest BCUT2D eigenvalue weighted by atomic mass is 9.96. The molecular weight excluding hydrogens is 502 g/mol. The molecule has 5 rings (SSSR count). The summed E-state index contributed by atoms with van der Waals surface area (Å²) in [4.78, 5) is 21.3. The molecule has 1 fully saturated rings. The molecule has 1 amide bonds. The van der Waals surface area contributed by atoms with Crippen LogP contribution in [0.5, 0.6) is 11.5 Å². The van der Waals surface area contributed by atoms with Gasteiger partial charge in [0.25, 0.3) is 5.91 Å². The number of fused-ring (bicyclic) bond motifs is 3. The molecule has 1 unspecified atom stereocenters. The maximum atomic E-state index is 13.6. The number of benzene rings is 1. The van der Waals surface area contributed by atoms with Gasteiger partial charge in [0.2, 0.25) is 0 Å². The van der Waals surface area contributed by atoms with Gasteiger partial charge in [-0.1, -0.05) is 6.07 Å². The zero-order chi connectivity index (χ0) is 26.9. The van der Waals surface area contributed by atoms with Crippen LogP contribution >= 0.6 is 11.3 Å². The van der Waals surface area contributed by atoms with E-state index in [9.17, 15) is 4.79 Å². The fourth-order valence-electron chi connectivity index (χ4n) is 4.85. The summed E-state index contributed by atoms with van der Waals surface area (Å²) in [5, 5.41) is 2.03. The molecule has 4 heterocycles. The molecule has 1 saturated heterocycles. The Kier molecular flexibility index (Phi) is 7.79. The fraction of sp³-hybridized carbons (Fsp3) is 0.517. The second kappa shape index (κ2) is 11.1. The number of rotatable bonds is 8. The van der Waals surface area contributed by atoms with Gasteiger partial charge in [-0.2, -0.15) is 0 Å². The average Bonchev–Trinajstić information content (AvgIpc) is 3.58. The van der Waals surface area contributed by atoms with Gasteiger partial charge in [0.1, 0.15) is 12.3 Å². The van der Waals surface area contributed by atoms with E-state index in [1.54, 1.807) is 23.3 Å². The van der Waals surface area contributed by atoms with Gasteiger partial charge in [-0.25, -0.2) is 4.98 Å². The average molecular weight is 540 g/mol. The van der Waals surface area contributed by atoms with E-state index in [1.807, 2.05) is 51.4 Å². The number of nitrogens with zero attached hydrogens (tertiary/aromatic N) is 3. The standard InChI is InChI=1S/C29H37N3O5S/c1-29(2,3)31(4)28(33)27-30-25(23-9-8-16-38-23)26-20-18-22(21(34-5)17-19(20)11-12-32(26)27)35-14-15-37-24-10-6-7-13-36-24/h8-9,16-18,24H,6-7,10-15H2,1-5H3. The lowest BCUT2D eigenvalue weighted by Crippen LogP contribution is -2.43. The van der Waals surface area contributed by atoms with Crippen molar-refractivity contribution in [2.24, 2.45) is 0 Å². The number of hydrogen-bond acceptors (Lipinski definition) is 7. The number of amides is 1. The van der Waals surface area contributed by atoms with Crippen molar-refractivity contribution in [3.8, 4) is 33.3 Å². The summed E-state index contributed by atoms with van der Waals surface area (Å²) in [6, 6.07) is 8.14. The Morgan fingerprint density at radius 3 is 2.76 bits per heavy atom. The molecular formula is C29H37N3O5S. The lowest BCUT2D eigenvalue weighted by molar-refractivity contribution is -0.165. The highest BCUT2D eigenvalue weighted by molar-refractivity contribution is 7.13. The Morgan fingerprint density at radius 1 is 1.24 bits per heavy atom. The van der Waals surface area contributed by atoms with Crippen LogP contribution in [0.2, 0.25) is 0 Å². The molecule has 2 aliphatic heterocycles. The molecule has 0 radical (unpaired) electrons. The Morgan fingerprint density at radius 2 is 2.08 bits per heavy atom. The fourth-order valence-corrected chi connectivity index (χ4v) is 5.57. The first-order chi connectivity index (χ1) is 18.3. The van der Waals surface area contributed by atoms with Crippen LogP contribution < -0.4 is 9.47 Å². The Hall–Kier alpha value is -2.88. The van der Waals surface area contributed by atoms with Crippen molar-refractivity contribution in [3.05, 3.63) is 41.0 Å². The third-order valence-corrected chi connectivity index (χ3v) is 8.13. The minimum Gasteiger partial charge on any atom is -0.493 e. The zero-order valence-electron chi connectivity index (χ0n) is 22.9. The second-order valence-corrected chi connectivity index (χ2v) is 11.7. The van der Waals surface area contributed by atoms with Crippen LogP contribution in [0.4, 0.5) is 0 Å². The van der Waals surface area contributed by atoms with Crippen LogP contribution in [0.3, 0.4) is 0 Å². The maximum absolute atomic E-state index is 13.6. The van der Waals surface area contributed by atoms with Crippen molar-refractivity contribution in [1.29, 1.82) is 0 Å². The highest BCUT2D eigenvalue weighted by atomic mass is 32.1. The smallest absolute Gasteiger partial charge is 0.290 e. The molecule has 204 valence electrons. The highest BCUT2D eigenvalue weighted by Crippen LogP contribution is 2.44. The van der Waals surface area contributed by atoms with Gasteiger partial charge in [0, 0.05) is 31.3 Å². The van der Waals surface area contributed by atoms with Gasteiger partial charge in [-0.05, 0) is 75.6 Å².